The van der Waals surface area contributed by atoms with E-state index in [1.807, 2.05) is 60.9 Å². The molecule has 0 heterocycles. The van der Waals surface area contributed by atoms with Gasteiger partial charge in [0, 0.05) is 14.9 Å². The lowest BCUT2D eigenvalue weighted by molar-refractivity contribution is 0.104. The van der Waals surface area contributed by atoms with Gasteiger partial charge in [-0.3, -0.25) is 4.79 Å². The number of hydrogen-bond acceptors (Lipinski definition) is 2. The lowest BCUT2D eigenvalue weighted by Gasteiger charge is -1.98. The molecule has 3 heteroatoms. The highest BCUT2D eigenvalue weighted by Crippen LogP contribution is 2.16. The van der Waals surface area contributed by atoms with Crippen molar-refractivity contribution >= 4 is 39.6 Å². The fourth-order valence-corrected chi connectivity index (χ4v) is 2.27. The van der Waals surface area contributed by atoms with Gasteiger partial charge in [0.15, 0.2) is 5.78 Å². The molecule has 0 aliphatic rings. The van der Waals surface area contributed by atoms with Crippen LogP contribution in [0.1, 0.15) is 15.9 Å². The Morgan fingerprint density at radius 3 is 2.26 bits per heavy atom. The number of benzene rings is 2. The molecule has 96 valence electrons. The van der Waals surface area contributed by atoms with E-state index in [4.69, 9.17) is 0 Å². The van der Waals surface area contributed by atoms with Gasteiger partial charge < -0.3 is 0 Å². The Kier molecular flexibility index (Phi) is 5.00. The van der Waals surface area contributed by atoms with E-state index in [0.717, 1.165) is 14.9 Å². The fourth-order valence-electron chi connectivity index (χ4n) is 1.60. The molecular formula is C16H13BrOS. The predicted octanol–water partition coefficient (Wildman–Crippen LogP) is 5.07. The highest BCUT2D eigenvalue weighted by Gasteiger charge is 2.01. The number of carbonyl (C=O) groups excluding carboxylic acids is 1. The molecule has 0 saturated carbocycles. The van der Waals surface area contributed by atoms with Crippen molar-refractivity contribution < 1.29 is 4.79 Å². The van der Waals surface area contributed by atoms with Gasteiger partial charge in [0.2, 0.25) is 0 Å². The molecule has 2 rings (SSSR count). The molecule has 0 spiro atoms. The second kappa shape index (κ2) is 6.73. The Labute approximate surface area is 125 Å². The first-order valence-corrected chi connectivity index (χ1v) is 7.83. The molecule has 0 bridgehead atoms. The number of hydrogen-bond donors (Lipinski definition) is 0. The third-order valence-corrected chi connectivity index (χ3v) is 3.94. The number of halogens is 1. The van der Waals surface area contributed by atoms with Crippen molar-refractivity contribution in [2.45, 2.75) is 4.90 Å². The standard InChI is InChI=1S/C16H13BrOS/c1-19-15-9-5-13(6-10-15)16(18)11-4-12-2-7-14(17)8-3-12/h2-11H,1H3/b11-4+. The molecule has 0 aromatic heterocycles. The maximum atomic E-state index is 12.0. The van der Waals surface area contributed by atoms with Crippen LogP contribution in [0.15, 0.2) is 64.0 Å². The Bertz CT molecular complexity index is 585. The summed E-state index contributed by atoms with van der Waals surface area (Å²) in [5.41, 5.74) is 1.73. The summed E-state index contributed by atoms with van der Waals surface area (Å²) in [5, 5.41) is 0. The van der Waals surface area contributed by atoms with Gasteiger partial charge >= 0.3 is 0 Å². The van der Waals surface area contributed by atoms with Crippen LogP contribution < -0.4 is 0 Å². The molecule has 0 saturated heterocycles. The van der Waals surface area contributed by atoms with Crippen molar-refractivity contribution in [3.63, 3.8) is 0 Å². The molecule has 0 atom stereocenters. The highest BCUT2D eigenvalue weighted by molar-refractivity contribution is 9.10. The SMILES string of the molecule is CSc1ccc(C(=O)/C=C/c2ccc(Br)cc2)cc1. The Morgan fingerprint density at radius 1 is 1.05 bits per heavy atom. The smallest absolute Gasteiger partial charge is 0.185 e. The number of allylic oxidation sites excluding steroid dienone is 1. The maximum absolute atomic E-state index is 12.0. The zero-order chi connectivity index (χ0) is 13.7. The summed E-state index contributed by atoms with van der Waals surface area (Å²) in [7, 11) is 0. The van der Waals surface area contributed by atoms with Crippen LogP contribution in [0.25, 0.3) is 6.08 Å². The largest absolute Gasteiger partial charge is 0.289 e. The fraction of sp³-hybridized carbons (Fsp3) is 0.0625. The summed E-state index contributed by atoms with van der Waals surface area (Å²) >= 11 is 5.05. The van der Waals surface area contributed by atoms with E-state index in [1.54, 1.807) is 17.8 Å². The van der Waals surface area contributed by atoms with Crippen molar-refractivity contribution in [1.82, 2.24) is 0 Å². The van der Waals surface area contributed by atoms with Crippen LogP contribution in [-0.4, -0.2) is 12.0 Å². The average Bonchev–Trinajstić information content (AvgIpc) is 2.46. The van der Waals surface area contributed by atoms with Crippen molar-refractivity contribution in [3.8, 4) is 0 Å². The molecule has 19 heavy (non-hydrogen) atoms. The second-order valence-corrected chi connectivity index (χ2v) is 5.77. The molecule has 2 aromatic rings. The zero-order valence-corrected chi connectivity index (χ0v) is 12.9. The molecule has 0 N–H and O–H groups in total. The predicted molar refractivity (Wildman–Crippen MR) is 85.7 cm³/mol. The van der Waals surface area contributed by atoms with Crippen LogP contribution in [0.5, 0.6) is 0 Å². The van der Waals surface area contributed by atoms with E-state index in [2.05, 4.69) is 15.9 Å². The van der Waals surface area contributed by atoms with Crippen LogP contribution >= 0.6 is 27.7 Å². The van der Waals surface area contributed by atoms with Crippen molar-refractivity contribution in [3.05, 3.63) is 70.2 Å². The normalized spacial score (nSPS) is 10.8. The number of thioether (sulfide) groups is 1. The number of rotatable bonds is 4. The van der Waals surface area contributed by atoms with Crippen LogP contribution in [0, 0.1) is 0 Å². The molecule has 0 unspecified atom stereocenters. The number of carbonyl (C=O) groups is 1. The summed E-state index contributed by atoms with van der Waals surface area (Å²) < 4.78 is 1.03. The topological polar surface area (TPSA) is 17.1 Å². The van der Waals surface area contributed by atoms with Gasteiger partial charge in [-0.2, -0.15) is 0 Å². The maximum Gasteiger partial charge on any atom is 0.185 e. The first-order chi connectivity index (χ1) is 9.19. The molecule has 0 aliphatic carbocycles. The third-order valence-electron chi connectivity index (χ3n) is 2.67. The summed E-state index contributed by atoms with van der Waals surface area (Å²) in [4.78, 5) is 13.1. The van der Waals surface area contributed by atoms with Crippen molar-refractivity contribution in [2.24, 2.45) is 0 Å². The number of ketones is 1. The summed E-state index contributed by atoms with van der Waals surface area (Å²) in [6, 6.07) is 15.5. The van der Waals surface area contributed by atoms with Crippen LogP contribution in [-0.2, 0) is 0 Å². The zero-order valence-electron chi connectivity index (χ0n) is 10.5. The summed E-state index contributed by atoms with van der Waals surface area (Å²) in [6.07, 6.45) is 5.46. The first kappa shape index (κ1) is 14.1. The lowest BCUT2D eigenvalue weighted by atomic mass is 10.1. The molecule has 0 radical (unpaired) electrons. The molecule has 2 aromatic carbocycles. The average molecular weight is 333 g/mol. The molecule has 0 aliphatic heterocycles. The Hall–Kier alpha value is -1.32. The molecular weight excluding hydrogens is 320 g/mol. The van der Waals surface area contributed by atoms with E-state index >= 15 is 0 Å². The molecule has 0 fully saturated rings. The molecule has 1 nitrogen and oxygen atoms in total. The van der Waals surface area contributed by atoms with E-state index in [0.29, 0.717) is 5.56 Å². The minimum absolute atomic E-state index is 0.0237. The van der Waals surface area contributed by atoms with E-state index in [1.165, 1.54) is 0 Å². The van der Waals surface area contributed by atoms with Gasteiger partial charge in [-0.15, -0.1) is 11.8 Å². The Balaban J connectivity index is 2.09. The minimum atomic E-state index is 0.0237. The molecule has 0 amide bonds. The van der Waals surface area contributed by atoms with Crippen LogP contribution in [0.4, 0.5) is 0 Å². The summed E-state index contributed by atoms with van der Waals surface area (Å²) in [6.45, 7) is 0. The van der Waals surface area contributed by atoms with E-state index in [-0.39, 0.29) is 5.78 Å². The lowest BCUT2D eigenvalue weighted by Crippen LogP contribution is -1.93. The van der Waals surface area contributed by atoms with Crippen molar-refractivity contribution in [1.29, 1.82) is 0 Å². The van der Waals surface area contributed by atoms with Gasteiger partial charge in [-0.1, -0.05) is 34.1 Å². The highest BCUT2D eigenvalue weighted by atomic mass is 79.9. The van der Waals surface area contributed by atoms with Crippen LogP contribution in [0.2, 0.25) is 0 Å². The van der Waals surface area contributed by atoms with E-state index in [9.17, 15) is 4.79 Å². The van der Waals surface area contributed by atoms with Gasteiger partial charge in [0.05, 0.1) is 0 Å². The second-order valence-electron chi connectivity index (χ2n) is 3.98. The summed E-state index contributed by atoms with van der Waals surface area (Å²) in [5.74, 6) is 0.0237. The van der Waals surface area contributed by atoms with Gasteiger partial charge in [0.25, 0.3) is 0 Å². The van der Waals surface area contributed by atoms with Gasteiger partial charge in [-0.05, 0) is 54.3 Å². The van der Waals surface area contributed by atoms with Gasteiger partial charge in [0.1, 0.15) is 0 Å². The quantitative estimate of drug-likeness (QED) is 0.442. The van der Waals surface area contributed by atoms with E-state index < -0.39 is 0 Å². The first-order valence-electron chi connectivity index (χ1n) is 5.81. The Morgan fingerprint density at radius 2 is 1.68 bits per heavy atom. The van der Waals surface area contributed by atoms with Crippen LogP contribution in [0.3, 0.4) is 0 Å². The van der Waals surface area contributed by atoms with Gasteiger partial charge in [-0.25, -0.2) is 0 Å². The third kappa shape index (κ3) is 4.08. The monoisotopic (exact) mass is 332 g/mol. The van der Waals surface area contributed by atoms with Crippen molar-refractivity contribution in [2.75, 3.05) is 6.26 Å². The minimum Gasteiger partial charge on any atom is -0.289 e.